The van der Waals surface area contributed by atoms with Gasteiger partial charge in [0.25, 0.3) is 5.91 Å². The first-order valence-corrected chi connectivity index (χ1v) is 7.53. The molecule has 2 aromatic rings. The average Bonchev–Trinajstić information content (AvgIpc) is 2.55. The monoisotopic (exact) mass is 280 g/mol. The van der Waals surface area contributed by atoms with Gasteiger partial charge < -0.3 is 4.90 Å². The van der Waals surface area contributed by atoms with Crippen LogP contribution in [0.1, 0.15) is 46.8 Å². The molecule has 0 N–H and O–H groups in total. The van der Waals surface area contributed by atoms with Gasteiger partial charge in [-0.15, -0.1) is 0 Å². The Bertz CT molecular complexity index is 624. The smallest absolute Gasteiger partial charge is 0.254 e. The third-order valence-corrected chi connectivity index (χ3v) is 4.07. The summed E-state index contributed by atoms with van der Waals surface area (Å²) in [5.41, 5.74) is 3.06. The van der Waals surface area contributed by atoms with Gasteiger partial charge in [-0.1, -0.05) is 24.3 Å². The first kappa shape index (κ1) is 13.8. The number of carbonyl (C=O) groups is 1. The highest BCUT2D eigenvalue weighted by Crippen LogP contribution is 2.32. The van der Waals surface area contributed by atoms with Crippen molar-refractivity contribution in [3.8, 4) is 0 Å². The number of aromatic nitrogens is 1. The fraction of sp³-hybridized carbons (Fsp3) is 0.333. The third kappa shape index (κ3) is 2.97. The second kappa shape index (κ2) is 6.08. The second-order valence-corrected chi connectivity index (χ2v) is 5.67. The van der Waals surface area contributed by atoms with E-state index < -0.39 is 0 Å². The summed E-state index contributed by atoms with van der Waals surface area (Å²) in [4.78, 5) is 19.1. The van der Waals surface area contributed by atoms with Crippen LogP contribution in [0.25, 0.3) is 0 Å². The zero-order chi connectivity index (χ0) is 14.7. The molecule has 1 atom stereocenters. The molecule has 1 aliphatic rings. The Morgan fingerprint density at radius 1 is 1.19 bits per heavy atom. The van der Waals surface area contributed by atoms with E-state index in [-0.39, 0.29) is 11.9 Å². The van der Waals surface area contributed by atoms with Crippen LogP contribution in [0, 0.1) is 6.92 Å². The van der Waals surface area contributed by atoms with Crippen LogP contribution in [0.15, 0.2) is 48.8 Å². The van der Waals surface area contributed by atoms with Crippen molar-refractivity contribution in [3.63, 3.8) is 0 Å². The van der Waals surface area contributed by atoms with Crippen molar-refractivity contribution in [2.24, 2.45) is 0 Å². The lowest BCUT2D eigenvalue weighted by atomic mass is 9.95. The molecule has 2 heterocycles. The quantitative estimate of drug-likeness (QED) is 0.839. The van der Waals surface area contributed by atoms with Crippen molar-refractivity contribution in [2.75, 3.05) is 6.54 Å². The molecule has 1 aromatic carbocycles. The summed E-state index contributed by atoms with van der Waals surface area (Å²) in [6.45, 7) is 2.87. The van der Waals surface area contributed by atoms with Crippen LogP contribution in [-0.2, 0) is 0 Å². The molecule has 1 amide bonds. The molecular weight excluding hydrogens is 260 g/mol. The van der Waals surface area contributed by atoms with Crippen LogP contribution >= 0.6 is 0 Å². The highest BCUT2D eigenvalue weighted by atomic mass is 16.2. The molecule has 3 heteroatoms. The van der Waals surface area contributed by atoms with Crippen molar-refractivity contribution < 1.29 is 4.79 Å². The molecule has 1 fully saturated rings. The number of pyridine rings is 1. The van der Waals surface area contributed by atoms with E-state index in [0.717, 1.165) is 42.5 Å². The fourth-order valence-corrected chi connectivity index (χ4v) is 3.03. The molecule has 0 radical (unpaired) electrons. The number of hydrogen-bond donors (Lipinski definition) is 0. The average molecular weight is 280 g/mol. The Balaban J connectivity index is 1.90. The number of amides is 1. The Kier molecular flexibility index (Phi) is 4.00. The molecule has 1 aliphatic heterocycles. The Labute approximate surface area is 125 Å². The number of likely N-dealkylation sites (tertiary alicyclic amines) is 1. The minimum absolute atomic E-state index is 0.127. The molecular formula is C18H20N2O. The number of rotatable bonds is 2. The molecule has 1 saturated heterocycles. The summed E-state index contributed by atoms with van der Waals surface area (Å²) in [6, 6.07) is 11.9. The van der Waals surface area contributed by atoms with Gasteiger partial charge in [-0.05, 0) is 49.4 Å². The third-order valence-electron chi connectivity index (χ3n) is 4.07. The zero-order valence-electron chi connectivity index (χ0n) is 12.3. The zero-order valence-corrected chi connectivity index (χ0v) is 12.3. The van der Waals surface area contributed by atoms with Gasteiger partial charge in [-0.25, -0.2) is 0 Å². The summed E-state index contributed by atoms with van der Waals surface area (Å²) >= 11 is 0. The normalized spacial score (nSPS) is 18.5. The van der Waals surface area contributed by atoms with Crippen molar-refractivity contribution in [2.45, 2.75) is 32.2 Å². The lowest BCUT2D eigenvalue weighted by Crippen LogP contribution is -2.38. The van der Waals surface area contributed by atoms with Crippen LogP contribution in [-0.4, -0.2) is 22.3 Å². The number of piperidine rings is 1. The molecule has 1 aromatic heterocycles. The van der Waals surface area contributed by atoms with E-state index in [1.54, 1.807) is 0 Å². The van der Waals surface area contributed by atoms with Gasteiger partial charge in [-0.2, -0.15) is 0 Å². The number of aryl methyl sites for hydroxylation is 1. The first-order chi connectivity index (χ1) is 10.3. The molecule has 21 heavy (non-hydrogen) atoms. The summed E-state index contributed by atoms with van der Waals surface area (Å²) in [5.74, 6) is 0.127. The molecule has 3 nitrogen and oxygen atoms in total. The number of hydrogen-bond acceptors (Lipinski definition) is 2. The van der Waals surface area contributed by atoms with Crippen LogP contribution in [0.5, 0.6) is 0 Å². The molecule has 0 spiro atoms. The number of nitrogens with zero attached hydrogens (tertiary/aromatic N) is 2. The van der Waals surface area contributed by atoms with Crippen LogP contribution in [0.3, 0.4) is 0 Å². The fourth-order valence-electron chi connectivity index (χ4n) is 3.03. The summed E-state index contributed by atoms with van der Waals surface area (Å²) in [6.07, 6.45) is 7.01. The van der Waals surface area contributed by atoms with Gasteiger partial charge in [0.05, 0.1) is 6.04 Å². The van der Waals surface area contributed by atoms with Gasteiger partial charge >= 0.3 is 0 Å². The Hall–Kier alpha value is -2.16. The van der Waals surface area contributed by atoms with E-state index >= 15 is 0 Å². The van der Waals surface area contributed by atoms with Crippen LogP contribution in [0.2, 0.25) is 0 Å². The lowest BCUT2D eigenvalue weighted by Gasteiger charge is -2.36. The second-order valence-electron chi connectivity index (χ2n) is 5.67. The standard InChI is InChI=1S/C18H20N2O/c1-14-11-16(13-19-12-14)17-9-5-6-10-20(17)18(21)15-7-3-2-4-8-15/h2-4,7-8,11-13,17H,5-6,9-10H2,1H3/t17-/m1/s1. The SMILES string of the molecule is Cc1cncc([C@H]2CCCCN2C(=O)c2ccccc2)c1. The van der Waals surface area contributed by atoms with E-state index in [2.05, 4.69) is 11.1 Å². The van der Waals surface area contributed by atoms with Crippen LogP contribution < -0.4 is 0 Å². The Morgan fingerprint density at radius 2 is 2.00 bits per heavy atom. The lowest BCUT2D eigenvalue weighted by molar-refractivity contribution is 0.0611. The molecule has 0 unspecified atom stereocenters. The van der Waals surface area contributed by atoms with Gasteiger partial charge in [0.2, 0.25) is 0 Å². The van der Waals surface area contributed by atoms with E-state index in [1.165, 1.54) is 0 Å². The van der Waals surface area contributed by atoms with Gasteiger partial charge in [0.1, 0.15) is 0 Å². The first-order valence-electron chi connectivity index (χ1n) is 7.53. The van der Waals surface area contributed by atoms with E-state index in [0.29, 0.717) is 0 Å². The summed E-state index contributed by atoms with van der Waals surface area (Å²) in [7, 11) is 0. The highest BCUT2D eigenvalue weighted by molar-refractivity contribution is 5.94. The van der Waals surface area contributed by atoms with Crippen molar-refractivity contribution in [1.82, 2.24) is 9.88 Å². The van der Waals surface area contributed by atoms with Crippen molar-refractivity contribution >= 4 is 5.91 Å². The number of carbonyl (C=O) groups excluding carboxylic acids is 1. The molecule has 0 aliphatic carbocycles. The maximum Gasteiger partial charge on any atom is 0.254 e. The predicted molar refractivity (Wildman–Crippen MR) is 83.0 cm³/mol. The largest absolute Gasteiger partial charge is 0.332 e. The van der Waals surface area contributed by atoms with Crippen LogP contribution in [0.4, 0.5) is 0 Å². The predicted octanol–water partition coefficient (Wildman–Crippen LogP) is 3.76. The van der Waals surface area contributed by atoms with Gasteiger partial charge in [0.15, 0.2) is 0 Å². The topological polar surface area (TPSA) is 33.2 Å². The highest BCUT2D eigenvalue weighted by Gasteiger charge is 2.28. The minimum Gasteiger partial charge on any atom is -0.332 e. The Morgan fingerprint density at radius 3 is 2.76 bits per heavy atom. The van der Waals surface area contributed by atoms with E-state index in [4.69, 9.17) is 0 Å². The van der Waals surface area contributed by atoms with Gasteiger partial charge in [0, 0.05) is 24.5 Å². The maximum atomic E-state index is 12.8. The van der Waals surface area contributed by atoms with E-state index in [9.17, 15) is 4.79 Å². The molecule has 0 saturated carbocycles. The molecule has 108 valence electrons. The molecule has 0 bridgehead atoms. The summed E-state index contributed by atoms with van der Waals surface area (Å²) in [5, 5.41) is 0. The van der Waals surface area contributed by atoms with E-state index in [1.807, 2.05) is 54.5 Å². The number of benzene rings is 1. The maximum absolute atomic E-state index is 12.8. The molecule has 3 rings (SSSR count). The minimum atomic E-state index is 0.127. The summed E-state index contributed by atoms with van der Waals surface area (Å²) < 4.78 is 0. The van der Waals surface area contributed by atoms with Crippen molar-refractivity contribution in [3.05, 3.63) is 65.5 Å². The van der Waals surface area contributed by atoms with Gasteiger partial charge in [-0.3, -0.25) is 9.78 Å². The van der Waals surface area contributed by atoms with Crippen molar-refractivity contribution in [1.29, 1.82) is 0 Å².